The minimum atomic E-state index is 0.0688. The highest BCUT2D eigenvalue weighted by Gasteiger charge is 2.18. The predicted octanol–water partition coefficient (Wildman–Crippen LogP) is 3.78. The molecule has 1 atom stereocenters. The number of halogens is 1. The molecule has 1 unspecified atom stereocenters. The van der Waals surface area contributed by atoms with Gasteiger partial charge in [0.1, 0.15) is 12.4 Å². The lowest BCUT2D eigenvalue weighted by atomic mass is 9.98. The molecule has 112 valence electrons. The van der Waals surface area contributed by atoms with Crippen LogP contribution in [0, 0.1) is 0 Å². The Morgan fingerprint density at radius 1 is 1.00 bits per heavy atom. The van der Waals surface area contributed by atoms with Crippen LogP contribution in [0.25, 0.3) is 0 Å². The summed E-state index contributed by atoms with van der Waals surface area (Å²) >= 11 is 3.62. The van der Waals surface area contributed by atoms with E-state index >= 15 is 0 Å². The third kappa shape index (κ3) is 4.06. The molecule has 0 radical (unpaired) electrons. The fourth-order valence-electron chi connectivity index (χ4n) is 2.27. The van der Waals surface area contributed by atoms with Crippen LogP contribution in [0.2, 0.25) is 0 Å². The van der Waals surface area contributed by atoms with E-state index in [1.54, 1.807) is 7.11 Å². The van der Waals surface area contributed by atoms with Gasteiger partial charge in [-0.2, -0.15) is 0 Å². The van der Waals surface area contributed by atoms with Gasteiger partial charge in [0.25, 0.3) is 0 Å². The van der Waals surface area contributed by atoms with Gasteiger partial charge >= 0.3 is 0 Å². The van der Waals surface area contributed by atoms with Gasteiger partial charge < -0.3 is 14.8 Å². The van der Waals surface area contributed by atoms with E-state index in [0.717, 1.165) is 15.8 Å². The van der Waals surface area contributed by atoms with Crippen molar-refractivity contribution in [3.8, 4) is 5.75 Å². The van der Waals surface area contributed by atoms with E-state index in [0.29, 0.717) is 13.2 Å². The van der Waals surface area contributed by atoms with Crippen LogP contribution in [0.3, 0.4) is 0 Å². The Bertz CT molecular complexity index is 574. The first-order valence-corrected chi connectivity index (χ1v) is 7.69. The highest BCUT2D eigenvalue weighted by molar-refractivity contribution is 9.10. The Morgan fingerprint density at radius 2 is 1.67 bits per heavy atom. The summed E-state index contributed by atoms with van der Waals surface area (Å²) in [6, 6.07) is 16.4. The molecular weight excluding hydrogens is 330 g/mol. The van der Waals surface area contributed by atoms with Crippen molar-refractivity contribution in [3.63, 3.8) is 0 Å². The van der Waals surface area contributed by atoms with Crippen LogP contribution in [0.15, 0.2) is 53.0 Å². The topological polar surface area (TPSA) is 30.5 Å². The Labute approximate surface area is 134 Å². The van der Waals surface area contributed by atoms with Crippen LogP contribution in [0.4, 0.5) is 0 Å². The van der Waals surface area contributed by atoms with Gasteiger partial charge in [0, 0.05) is 17.1 Å². The summed E-state index contributed by atoms with van der Waals surface area (Å²) in [5, 5.41) is 3.37. The first kappa shape index (κ1) is 16.0. The average Bonchev–Trinajstić information content (AvgIpc) is 2.51. The number of para-hydroxylation sites is 1. The molecule has 0 saturated heterocycles. The van der Waals surface area contributed by atoms with E-state index in [1.807, 2.05) is 43.4 Å². The number of ether oxygens (including phenoxy) is 2. The zero-order valence-corrected chi connectivity index (χ0v) is 13.9. The molecule has 0 aliphatic heterocycles. The third-order valence-electron chi connectivity index (χ3n) is 3.28. The molecule has 0 aliphatic rings. The van der Waals surface area contributed by atoms with Gasteiger partial charge in [-0.05, 0) is 24.7 Å². The largest absolute Gasteiger partial charge is 0.491 e. The summed E-state index contributed by atoms with van der Waals surface area (Å²) in [5.74, 6) is 0.879. The van der Waals surface area contributed by atoms with Gasteiger partial charge in [0.2, 0.25) is 0 Å². The molecule has 1 N–H and O–H groups in total. The Hall–Kier alpha value is -1.36. The first-order valence-electron chi connectivity index (χ1n) is 6.90. The van der Waals surface area contributed by atoms with Crippen LogP contribution < -0.4 is 10.1 Å². The standard InChI is InChI=1S/C17H20BrNO2/c1-19-17(13-7-3-5-9-15(13)18)14-8-4-6-10-16(14)21-12-11-20-2/h3-10,17,19H,11-12H2,1-2H3. The summed E-state index contributed by atoms with van der Waals surface area (Å²) in [7, 11) is 3.63. The molecule has 0 spiro atoms. The van der Waals surface area contributed by atoms with Crippen LogP contribution in [-0.2, 0) is 4.74 Å². The molecule has 0 aromatic heterocycles. The van der Waals surface area contributed by atoms with E-state index < -0.39 is 0 Å². The van der Waals surface area contributed by atoms with Crippen LogP contribution >= 0.6 is 15.9 Å². The van der Waals surface area contributed by atoms with Gasteiger partial charge in [-0.1, -0.05) is 52.3 Å². The number of nitrogens with one attached hydrogen (secondary N) is 1. The van der Waals surface area contributed by atoms with Gasteiger partial charge in [0.05, 0.1) is 12.6 Å². The second-order valence-corrected chi connectivity index (χ2v) is 5.48. The maximum Gasteiger partial charge on any atom is 0.124 e. The van der Waals surface area contributed by atoms with Crippen LogP contribution in [0.5, 0.6) is 5.75 Å². The summed E-state index contributed by atoms with van der Waals surface area (Å²) in [6.45, 7) is 1.12. The molecule has 0 saturated carbocycles. The normalized spacial score (nSPS) is 12.1. The Morgan fingerprint density at radius 3 is 2.33 bits per heavy atom. The van der Waals surface area contributed by atoms with E-state index in [4.69, 9.17) is 9.47 Å². The molecular formula is C17H20BrNO2. The maximum atomic E-state index is 5.84. The average molecular weight is 350 g/mol. The minimum absolute atomic E-state index is 0.0688. The number of benzene rings is 2. The minimum Gasteiger partial charge on any atom is -0.491 e. The molecule has 2 aromatic rings. The molecule has 0 bridgehead atoms. The molecule has 2 aromatic carbocycles. The molecule has 0 heterocycles. The van der Waals surface area contributed by atoms with Crippen molar-refractivity contribution in [2.75, 3.05) is 27.4 Å². The van der Waals surface area contributed by atoms with Crippen molar-refractivity contribution in [3.05, 3.63) is 64.1 Å². The fraction of sp³-hybridized carbons (Fsp3) is 0.294. The van der Waals surface area contributed by atoms with Crippen molar-refractivity contribution < 1.29 is 9.47 Å². The predicted molar refractivity (Wildman–Crippen MR) is 88.9 cm³/mol. The monoisotopic (exact) mass is 349 g/mol. The maximum absolute atomic E-state index is 5.84. The highest BCUT2D eigenvalue weighted by Crippen LogP contribution is 2.33. The van der Waals surface area contributed by atoms with E-state index in [-0.39, 0.29) is 6.04 Å². The second kappa shape index (κ2) is 8.17. The lowest BCUT2D eigenvalue weighted by molar-refractivity contribution is 0.145. The number of hydrogen-bond donors (Lipinski definition) is 1. The van der Waals surface area contributed by atoms with Crippen molar-refractivity contribution in [1.82, 2.24) is 5.32 Å². The smallest absolute Gasteiger partial charge is 0.124 e. The van der Waals surface area contributed by atoms with Crippen molar-refractivity contribution in [1.29, 1.82) is 0 Å². The lowest BCUT2D eigenvalue weighted by Crippen LogP contribution is -2.19. The molecule has 21 heavy (non-hydrogen) atoms. The van der Waals surface area contributed by atoms with E-state index in [9.17, 15) is 0 Å². The quantitative estimate of drug-likeness (QED) is 0.771. The Kier molecular flexibility index (Phi) is 6.23. The molecule has 0 fully saturated rings. The number of methoxy groups -OCH3 is 1. The fourth-order valence-corrected chi connectivity index (χ4v) is 2.79. The van der Waals surface area contributed by atoms with Crippen molar-refractivity contribution >= 4 is 15.9 Å². The zero-order valence-electron chi connectivity index (χ0n) is 12.3. The first-order chi connectivity index (χ1) is 10.3. The summed E-state index contributed by atoms with van der Waals surface area (Å²) in [4.78, 5) is 0. The zero-order chi connectivity index (χ0) is 15.1. The summed E-state index contributed by atoms with van der Waals surface area (Å²) in [6.07, 6.45) is 0. The highest BCUT2D eigenvalue weighted by atomic mass is 79.9. The molecule has 2 rings (SSSR count). The van der Waals surface area contributed by atoms with Gasteiger partial charge in [0.15, 0.2) is 0 Å². The summed E-state index contributed by atoms with van der Waals surface area (Å²) < 4.78 is 12.0. The molecule has 3 nitrogen and oxygen atoms in total. The SMILES string of the molecule is CNC(c1ccccc1Br)c1ccccc1OCCOC. The van der Waals surface area contributed by atoms with Gasteiger partial charge in [-0.25, -0.2) is 0 Å². The van der Waals surface area contributed by atoms with Crippen molar-refractivity contribution in [2.24, 2.45) is 0 Å². The van der Waals surface area contributed by atoms with Crippen LogP contribution in [-0.4, -0.2) is 27.4 Å². The number of hydrogen-bond acceptors (Lipinski definition) is 3. The Balaban J connectivity index is 2.32. The molecule has 0 aliphatic carbocycles. The van der Waals surface area contributed by atoms with Gasteiger partial charge in [-0.15, -0.1) is 0 Å². The van der Waals surface area contributed by atoms with Gasteiger partial charge in [-0.3, -0.25) is 0 Å². The summed E-state index contributed by atoms with van der Waals surface area (Å²) in [5.41, 5.74) is 2.30. The third-order valence-corrected chi connectivity index (χ3v) is 4.00. The molecule has 4 heteroatoms. The van der Waals surface area contributed by atoms with E-state index in [1.165, 1.54) is 5.56 Å². The number of rotatable bonds is 7. The molecule has 0 amide bonds. The second-order valence-electron chi connectivity index (χ2n) is 4.62. The van der Waals surface area contributed by atoms with Crippen LogP contribution in [0.1, 0.15) is 17.2 Å². The van der Waals surface area contributed by atoms with Crippen molar-refractivity contribution in [2.45, 2.75) is 6.04 Å². The lowest BCUT2D eigenvalue weighted by Gasteiger charge is -2.21. The van der Waals surface area contributed by atoms with E-state index in [2.05, 4.69) is 33.4 Å².